The van der Waals surface area contributed by atoms with Crippen LogP contribution >= 0.6 is 0 Å². The van der Waals surface area contributed by atoms with E-state index in [0.29, 0.717) is 11.2 Å². The second-order valence-corrected chi connectivity index (χ2v) is 6.52. The molecule has 0 aromatic carbocycles. The van der Waals surface area contributed by atoms with Crippen LogP contribution in [0.2, 0.25) is 0 Å². The van der Waals surface area contributed by atoms with Gasteiger partial charge in [0.15, 0.2) is 0 Å². The van der Waals surface area contributed by atoms with Crippen LogP contribution in [-0.4, -0.2) is 32.7 Å². The number of hydrogen-bond acceptors (Lipinski definition) is 4. The van der Waals surface area contributed by atoms with E-state index in [4.69, 9.17) is 0 Å². The Morgan fingerprint density at radius 1 is 1.35 bits per heavy atom. The van der Waals surface area contributed by atoms with Crippen LogP contribution in [0, 0.1) is 5.41 Å². The maximum Gasteiger partial charge on any atom is 0.254 e. The Morgan fingerprint density at radius 2 is 2.20 bits per heavy atom. The van der Waals surface area contributed by atoms with Gasteiger partial charge in [-0.25, -0.2) is 4.98 Å². The second-order valence-electron chi connectivity index (χ2n) is 6.52. The zero-order valence-electron chi connectivity index (χ0n) is 12.6. The Hall–Kier alpha value is -1.65. The lowest BCUT2D eigenvalue weighted by molar-refractivity contribution is 0.291. The molecule has 108 valence electrons. The first-order valence-electron chi connectivity index (χ1n) is 7.54. The average Bonchev–Trinajstić information content (AvgIpc) is 2.85. The molecule has 0 saturated carbocycles. The fourth-order valence-corrected chi connectivity index (χ4v) is 3.07. The SMILES string of the molecule is CCCc1cc(N2CCCC(C)(C)C2)n2ncnc2n1. The largest absolute Gasteiger partial charge is 0.356 e. The van der Waals surface area contributed by atoms with Gasteiger partial charge in [-0.3, -0.25) is 0 Å². The normalized spacial score (nSPS) is 18.6. The van der Waals surface area contributed by atoms with Gasteiger partial charge in [0.2, 0.25) is 0 Å². The van der Waals surface area contributed by atoms with Crippen LogP contribution in [0.15, 0.2) is 12.4 Å². The molecule has 0 aliphatic carbocycles. The van der Waals surface area contributed by atoms with Gasteiger partial charge < -0.3 is 4.90 Å². The fourth-order valence-electron chi connectivity index (χ4n) is 3.07. The fraction of sp³-hybridized carbons (Fsp3) is 0.667. The summed E-state index contributed by atoms with van der Waals surface area (Å²) < 4.78 is 1.88. The number of aromatic nitrogens is 4. The Balaban J connectivity index is 2.02. The molecule has 0 unspecified atom stereocenters. The minimum Gasteiger partial charge on any atom is -0.356 e. The lowest BCUT2D eigenvalue weighted by Gasteiger charge is -2.39. The topological polar surface area (TPSA) is 46.3 Å². The van der Waals surface area contributed by atoms with E-state index in [-0.39, 0.29) is 0 Å². The number of anilines is 1. The highest BCUT2D eigenvalue weighted by atomic mass is 15.4. The molecule has 0 atom stereocenters. The first kappa shape index (κ1) is 13.3. The van der Waals surface area contributed by atoms with Crippen LogP contribution in [-0.2, 0) is 6.42 Å². The van der Waals surface area contributed by atoms with Crippen LogP contribution in [0.25, 0.3) is 5.78 Å². The number of piperidine rings is 1. The third kappa shape index (κ3) is 2.49. The Morgan fingerprint density at radius 3 is 2.95 bits per heavy atom. The van der Waals surface area contributed by atoms with Gasteiger partial charge >= 0.3 is 0 Å². The molecule has 1 aliphatic heterocycles. The van der Waals surface area contributed by atoms with Crippen molar-refractivity contribution in [1.29, 1.82) is 0 Å². The van der Waals surface area contributed by atoms with E-state index in [2.05, 4.69) is 46.8 Å². The van der Waals surface area contributed by atoms with Gasteiger partial charge in [-0.05, 0) is 24.7 Å². The van der Waals surface area contributed by atoms with Gasteiger partial charge in [0.25, 0.3) is 5.78 Å². The molecule has 20 heavy (non-hydrogen) atoms. The van der Waals surface area contributed by atoms with Crippen molar-refractivity contribution in [3.05, 3.63) is 18.1 Å². The van der Waals surface area contributed by atoms with Crippen LogP contribution in [0.1, 0.15) is 45.7 Å². The summed E-state index contributed by atoms with van der Waals surface area (Å²) in [7, 11) is 0. The van der Waals surface area contributed by atoms with E-state index >= 15 is 0 Å². The molecule has 0 bridgehead atoms. The van der Waals surface area contributed by atoms with Gasteiger partial charge in [-0.2, -0.15) is 14.6 Å². The quantitative estimate of drug-likeness (QED) is 0.862. The first-order valence-corrected chi connectivity index (χ1v) is 7.54. The standard InChI is InChI=1S/C15H23N5/c1-4-6-12-9-13(20-14(18-12)16-11-17-20)19-8-5-7-15(2,3)10-19/h9,11H,4-8,10H2,1-3H3. The Kier molecular flexibility index (Phi) is 3.36. The Labute approximate surface area is 120 Å². The number of nitrogens with zero attached hydrogens (tertiary/aromatic N) is 5. The number of aryl methyl sites for hydroxylation is 1. The van der Waals surface area contributed by atoms with Gasteiger partial charge in [-0.15, -0.1) is 0 Å². The molecule has 0 spiro atoms. The molecule has 3 rings (SSSR count). The summed E-state index contributed by atoms with van der Waals surface area (Å²) in [6, 6.07) is 2.19. The monoisotopic (exact) mass is 273 g/mol. The summed E-state index contributed by atoms with van der Waals surface area (Å²) in [6.07, 6.45) is 6.21. The van der Waals surface area contributed by atoms with Crippen LogP contribution in [0.5, 0.6) is 0 Å². The molecule has 2 aromatic heterocycles. The van der Waals surface area contributed by atoms with E-state index in [9.17, 15) is 0 Å². The third-order valence-electron chi connectivity index (χ3n) is 4.02. The predicted molar refractivity (Wildman–Crippen MR) is 80.0 cm³/mol. The van der Waals surface area contributed by atoms with E-state index in [1.165, 1.54) is 12.8 Å². The van der Waals surface area contributed by atoms with Crippen molar-refractivity contribution < 1.29 is 0 Å². The van der Waals surface area contributed by atoms with Crippen LogP contribution in [0.3, 0.4) is 0 Å². The molecule has 0 N–H and O–H groups in total. The number of rotatable bonds is 3. The second kappa shape index (κ2) is 5.04. The zero-order valence-corrected chi connectivity index (χ0v) is 12.6. The zero-order chi connectivity index (χ0) is 14.2. The number of hydrogen-bond donors (Lipinski definition) is 0. The molecule has 1 fully saturated rings. The van der Waals surface area contributed by atoms with Crippen molar-refractivity contribution in [3.63, 3.8) is 0 Å². The van der Waals surface area contributed by atoms with Gasteiger partial charge in [0.1, 0.15) is 12.1 Å². The molecule has 5 heteroatoms. The highest BCUT2D eigenvalue weighted by Crippen LogP contribution is 2.31. The summed E-state index contributed by atoms with van der Waals surface area (Å²) in [5.74, 6) is 1.86. The van der Waals surface area contributed by atoms with E-state index < -0.39 is 0 Å². The van der Waals surface area contributed by atoms with Crippen molar-refractivity contribution in [2.45, 2.75) is 46.5 Å². The minimum absolute atomic E-state index is 0.360. The predicted octanol–water partition coefficient (Wildman–Crippen LogP) is 2.70. The smallest absolute Gasteiger partial charge is 0.254 e. The lowest BCUT2D eigenvalue weighted by Crippen LogP contribution is -2.41. The van der Waals surface area contributed by atoms with Crippen molar-refractivity contribution >= 4 is 11.6 Å². The molecule has 1 saturated heterocycles. The van der Waals surface area contributed by atoms with Crippen molar-refractivity contribution in [3.8, 4) is 0 Å². The Bertz CT molecular complexity index is 601. The van der Waals surface area contributed by atoms with Gasteiger partial charge in [0.05, 0.1) is 0 Å². The minimum atomic E-state index is 0.360. The molecular formula is C15H23N5. The molecular weight excluding hydrogens is 250 g/mol. The lowest BCUT2D eigenvalue weighted by atomic mass is 9.84. The molecule has 0 amide bonds. The van der Waals surface area contributed by atoms with Gasteiger partial charge in [-0.1, -0.05) is 27.2 Å². The summed E-state index contributed by atoms with van der Waals surface area (Å²) in [5.41, 5.74) is 1.48. The summed E-state index contributed by atoms with van der Waals surface area (Å²) >= 11 is 0. The molecule has 3 heterocycles. The third-order valence-corrected chi connectivity index (χ3v) is 4.02. The first-order chi connectivity index (χ1) is 9.59. The van der Waals surface area contributed by atoms with Crippen LogP contribution in [0.4, 0.5) is 5.82 Å². The molecule has 2 aromatic rings. The average molecular weight is 273 g/mol. The van der Waals surface area contributed by atoms with E-state index in [1.807, 2.05) is 4.52 Å². The summed E-state index contributed by atoms with van der Waals surface area (Å²) in [4.78, 5) is 11.3. The highest BCUT2D eigenvalue weighted by molar-refractivity contribution is 5.48. The summed E-state index contributed by atoms with van der Waals surface area (Å²) in [6.45, 7) is 9.02. The van der Waals surface area contributed by atoms with Crippen molar-refractivity contribution in [1.82, 2.24) is 19.6 Å². The molecule has 1 aliphatic rings. The summed E-state index contributed by atoms with van der Waals surface area (Å²) in [5, 5.41) is 4.34. The molecule has 5 nitrogen and oxygen atoms in total. The van der Waals surface area contributed by atoms with Crippen molar-refractivity contribution in [2.75, 3.05) is 18.0 Å². The van der Waals surface area contributed by atoms with Crippen molar-refractivity contribution in [2.24, 2.45) is 5.41 Å². The van der Waals surface area contributed by atoms with Gasteiger partial charge in [0, 0.05) is 24.8 Å². The van der Waals surface area contributed by atoms with Crippen LogP contribution < -0.4 is 4.90 Å². The van der Waals surface area contributed by atoms with E-state index in [0.717, 1.165) is 37.4 Å². The highest BCUT2D eigenvalue weighted by Gasteiger charge is 2.28. The number of fused-ring (bicyclic) bond motifs is 1. The van der Waals surface area contributed by atoms with E-state index in [1.54, 1.807) is 6.33 Å². The maximum atomic E-state index is 4.58. The maximum absolute atomic E-state index is 4.58. The molecule has 0 radical (unpaired) electrons.